The van der Waals surface area contributed by atoms with Crippen LogP contribution in [0.5, 0.6) is 5.75 Å². The van der Waals surface area contributed by atoms with Gasteiger partial charge in [0.15, 0.2) is 5.82 Å². The first-order valence-corrected chi connectivity index (χ1v) is 9.34. The largest absolute Gasteiger partial charge is 0.497 e. The summed E-state index contributed by atoms with van der Waals surface area (Å²) in [6.45, 7) is 4.37. The Morgan fingerprint density at radius 1 is 1.26 bits per heavy atom. The minimum Gasteiger partial charge on any atom is -0.497 e. The molecule has 0 spiro atoms. The molecular weight excluding hydrogens is 416 g/mol. The van der Waals surface area contributed by atoms with Crippen molar-refractivity contribution in [2.24, 2.45) is 0 Å². The van der Waals surface area contributed by atoms with Crippen LogP contribution in [0.3, 0.4) is 0 Å². The molecule has 0 saturated carbocycles. The molecule has 0 radical (unpaired) electrons. The van der Waals surface area contributed by atoms with Crippen molar-refractivity contribution in [1.82, 2.24) is 15.0 Å². The summed E-state index contributed by atoms with van der Waals surface area (Å²) in [7, 11) is 1.57. The average Bonchev–Trinajstić information content (AvgIpc) is 3.06. The number of halogens is 1. The van der Waals surface area contributed by atoms with Crippen molar-refractivity contribution in [3.63, 3.8) is 0 Å². The van der Waals surface area contributed by atoms with E-state index in [0.717, 1.165) is 4.47 Å². The Kier molecular flexibility index (Phi) is 6.12. The van der Waals surface area contributed by atoms with E-state index in [1.807, 2.05) is 4.90 Å². The topological polar surface area (TPSA) is 87.9 Å². The van der Waals surface area contributed by atoms with Gasteiger partial charge in [0.2, 0.25) is 5.91 Å². The van der Waals surface area contributed by atoms with E-state index in [9.17, 15) is 9.59 Å². The van der Waals surface area contributed by atoms with Crippen LogP contribution >= 0.6 is 15.9 Å². The standard InChI is InChI=1S/C18H21BrN4O4/c1-12-9-16(21-27-12)20-17(24)11-22-5-7-23(8-6-22)18(25)14-10-13(26-2)3-4-15(14)19/h3-4,9-10H,5-8,11H2,1-2H3,(H,20,21,24). The third-order valence-corrected chi connectivity index (χ3v) is 5.02. The number of methoxy groups -OCH3 is 1. The molecule has 9 heteroatoms. The van der Waals surface area contributed by atoms with Crippen LogP contribution in [0.15, 0.2) is 33.3 Å². The van der Waals surface area contributed by atoms with Gasteiger partial charge in [-0.3, -0.25) is 14.5 Å². The van der Waals surface area contributed by atoms with Gasteiger partial charge >= 0.3 is 0 Å². The minimum absolute atomic E-state index is 0.0528. The number of carbonyl (C=O) groups excluding carboxylic acids is 2. The Morgan fingerprint density at radius 3 is 2.63 bits per heavy atom. The van der Waals surface area contributed by atoms with Crippen LogP contribution in [-0.4, -0.2) is 66.6 Å². The van der Waals surface area contributed by atoms with E-state index in [1.165, 1.54) is 0 Å². The molecule has 8 nitrogen and oxygen atoms in total. The molecule has 27 heavy (non-hydrogen) atoms. The van der Waals surface area contributed by atoms with Crippen molar-refractivity contribution >= 4 is 33.6 Å². The zero-order chi connectivity index (χ0) is 19.4. The first-order chi connectivity index (χ1) is 13.0. The van der Waals surface area contributed by atoms with Crippen LogP contribution < -0.4 is 10.1 Å². The van der Waals surface area contributed by atoms with Crippen LogP contribution in [0, 0.1) is 6.92 Å². The molecule has 1 aromatic carbocycles. The number of hydrogen-bond donors (Lipinski definition) is 1. The maximum atomic E-state index is 12.8. The number of piperazine rings is 1. The van der Waals surface area contributed by atoms with Gasteiger partial charge < -0.3 is 19.5 Å². The van der Waals surface area contributed by atoms with Crippen LogP contribution in [-0.2, 0) is 4.79 Å². The van der Waals surface area contributed by atoms with Crippen molar-refractivity contribution in [3.05, 3.63) is 40.1 Å². The first kappa shape index (κ1) is 19.4. The van der Waals surface area contributed by atoms with Gasteiger partial charge in [-0.15, -0.1) is 0 Å². The van der Waals surface area contributed by atoms with Gasteiger partial charge in [-0.1, -0.05) is 5.16 Å². The van der Waals surface area contributed by atoms with Crippen LogP contribution in [0.4, 0.5) is 5.82 Å². The molecule has 1 N–H and O–H groups in total. The fourth-order valence-corrected chi connectivity index (χ4v) is 3.30. The highest BCUT2D eigenvalue weighted by molar-refractivity contribution is 9.10. The zero-order valence-electron chi connectivity index (χ0n) is 15.2. The molecular formula is C18H21BrN4O4. The van der Waals surface area contributed by atoms with E-state index in [1.54, 1.807) is 43.2 Å². The highest BCUT2D eigenvalue weighted by Gasteiger charge is 2.25. The van der Waals surface area contributed by atoms with Gasteiger partial charge in [0.1, 0.15) is 11.5 Å². The van der Waals surface area contributed by atoms with Gasteiger partial charge in [-0.25, -0.2) is 0 Å². The SMILES string of the molecule is COc1ccc(Br)c(C(=O)N2CCN(CC(=O)Nc3cc(C)on3)CC2)c1. The fraction of sp³-hybridized carbons (Fsp3) is 0.389. The number of amides is 2. The monoisotopic (exact) mass is 436 g/mol. The van der Waals surface area contributed by atoms with Crippen molar-refractivity contribution in [1.29, 1.82) is 0 Å². The molecule has 2 heterocycles. The third-order valence-electron chi connectivity index (χ3n) is 4.33. The summed E-state index contributed by atoms with van der Waals surface area (Å²) in [6.07, 6.45) is 0. The molecule has 1 fully saturated rings. The van der Waals surface area contributed by atoms with E-state index in [4.69, 9.17) is 9.26 Å². The summed E-state index contributed by atoms with van der Waals surface area (Å²) in [6, 6.07) is 7.00. The van der Waals surface area contributed by atoms with Crippen molar-refractivity contribution in [3.8, 4) is 5.75 Å². The summed E-state index contributed by atoms with van der Waals surface area (Å²) in [5, 5.41) is 6.45. The van der Waals surface area contributed by atoms with E-state index >= 15 is 0 Å². The molecule has 0 atom stereocenters. The van der Waals surface area contributed by atoms with Gasteiger partial charge in [0, 0.05) is 36.7 Å². The number of ether oxygens (including phenoxy) is 1. The van der Waals surface area contributed by atoms with Crippen molar-refractivity contribution in [2.45, 2.75) is 6.92 Å². The highest BCUT2D eigenvalue weighted by Crippen LogP contribution is 2.24. The van der Waals surface area contributed by atoms with E-state index in [2.05, 4.69) is 26.4 Å². The maximum absolute atomic E-state index is 12.8. The number of nitrogens with one attached hydrogen (secondary N) is 1. The normalized spacial score (nSPS) is 14.9. The Morgan fingerprint density at radius 2 is 2.00 bits per heavy atom. The van der Waals surface area contributed by atoms with Gasteiger partial charge in [-0.2, -0.15) is 0 Å². The number of nitrogens with zero attached hydrogens (tertiary/aromatic N) is 3. The molecule has 0 aliphatic carbocycles. The van der Waals surface area contributed by atoms with E-state index in [0.29, 0.717) is 49.1 Å². The lowest BCUT2D eigenvalue weighted by molar-refractivity contribution is -0.117. The lowest BCUT2D eigenvalue weighted by Gasteiger charge is -2.34. The van der Waals surface area contributed by atoms with Crippen LogP contribution in [0.25, 0.3) is 0 Å². The summed E-state index contributed by atoms with van der Waals surface area (Å²) in [5.41, 5.74) is 0.571. The third kappa shape index (κ3) is 4.86. The second-order valence-electron chi connectivity index (χ2n) is 6.29. The van der Waals surface area contributed by atoms with Gasteiger partial charge in [0.25, 0.3) is 5.91 Å². The maximum Gasteiger partial charge on any atom is 0.255 e. The molecule has 3 rings (SSSR count). The van der Waals surface area contributed by atoms with E-state index < -0.39 is 0 Å². The summed E-state index contributed by atoms with van der Waals surface area (Å²) in [5.74, 6) is 1.48. The molecule has 1 aliphatic rings. The molecule has 2 amide bonds. The van der Waals surface area contributed by atoms with Crippen LogP contribution in [0.2, 0.25) is 0 Å². The van der Waals surface area contributed by atoms with Crippen molar-refractivity contribution in [2.75, 3.05) is 45.2 Å². The Bertz CT molecular complexity index is 831. The Labute approximate surface area is 165 Å². The number of hydrogen-bond acceptors (Lipinski definition) is 6. The van der Waals surface area contributed by atoms with Gasteiger partial charge in [-0.05, 0) is 41.1 Å². The van der Waals surface area contributed by atoms with Gasteiger partial charge in [0.05, 0.1) is 19.2 Å². The number of benzene rings is 1. The second kappa shape index (κ2) is 8.53. The average molecular weight is 437 g/mol. The first-order valence-electron chi connectivity index (χ1n) is 8.54. The smallest absolute Gasteiger partial charge is 0.255 e. The van der Waals surface area contributed by atoms with E-state index in [-0.39, 0.29) is 18.4 Å². The molecule has 1 aliphatic heterocycles. The van der Waals surface area contributed by atoms with Crippen molar-refractivity contribution < 1.29 is 18.8 Å². The summed E-state index contributed by atoms with van der Waals surface area (Å²) >= 11 is 3.42. The summed E-state index contributed by atoms with van der Waals surface area (Å²) in [4.78, 5) is 28.7. The number of carbonyl (C=O) groups is 2. The number of anilines is 1. The lowest BCUT2D eigenvalue weighted by Crippen LogP contribution is -2.50. The predicted molar refractivity (Wildman–Crippen MR) is 103 cm³/mol. The fourth-order valence-electron chi connectivity index (χ4n) is 2.89. The Balaban J connectivity index is 1.52. The number of aromatic nitrogens is 1. The Hall–Kier alpha value is -2.39. The second-order valence-corrected chi connectivity index (χ2v) is 7.14. The molecule has 0 bridgehead atoms. The lowest BCUT2D eigenvalue weighted by atomic mass is 10.1. The number of rotatable bonds is 5. The quantitative estimate of drug-likeness (QED) is 0.772. The molecule has 1 aromatic heterocycles. The predicted octanol–water partition coefficient (Wildman–Crippen LogP) is 2.15. The summed E-state index contributed by atoms with van der Waals surface area (Å²) < 4.78 is 10.9. The molecule has 144 valence electrons. The number of aryl methyl sites for hydroxylation is 1. The molecule has 0 unspecified atom stereocenters. The minimum atomic E-state index is -0.154. The molecule has 1 saturated heterocycles. The van der Waals surface area contributed by atoms with Crippen LogP contribution in [0.1, 0.15) is 16.1 Å². The zero-order valence-corrected chi connectivity index (χ0v) is 16.8. The highest BCUT2D eigenvalue weighted by atomic mass is 79.9. The molecule has 2 aromatic rings.